The minimum Gasteiger partial charge on any atom is -0.756 e. The molecule has 0 spiro atoms. The first-order valence-electron chi connectivity index (χ1n) is 24.4. The fraction of sp³-hybridized carbons (Fsp3) is 0.857. The van der Waals surface area contributed by atoms with Gasteiger partial charge in [0, 0.05) is 6.42 Å². The van der Waals surface area contributed by atoms with Gasteiger partial charge in [-0.3, -0.25) is 9.36 Å². The Bertz CT molecular complexity index is 1040. The number of carbonyl (C=O) groups is 1. The van der Waals surface area contributed by atoms with Crippen LogP contribution in [0.25, 0.3) is 0 Å². The molecule has 8 nitrogen and oxygen atoms in total. The lowest BCUT2D eigenvalue weighted by molar-refractivity contribution is -0.870. The predicted octanol–water partition coefficient (Wildman–Crippen LogP) is 13.2. The Morgan fingerprint density at radius 3 is 1.40 bits per heavy atom. The molecule has 58 heavy (non-hydrogen) atoms. The molecular weight excluding hydrogens is 744 g/mol. The van der Waals surface area contributed by atoms with Crippen molar-refractivity contribution in [1.82, 2.24) is 5.32 Å². The lowest BCUT2D eigenvalue weighted by atomic mass is 10.0. The number of likely N-dealkylation sites (N-methyl/N-ethyl adjacent to an activating group) is 1. The zero-order valence-electron chi connectivity index (χ0n) is 38.8. The highest BCUT2D eigenvalue weighted by Gasteiger charge is 2.23. The number of aliphatic hydroxyl groups excluding tert-OH is 1. The van der Waals surface area contributed by atoms with Gasteiger partial charge in [0.05, 0.1) is 39.9 Å². The number of aliphatic hydroxyl groups is 1. The molecule has 0 aromatic carbocycles. The van der Waals surface area contributed by atoms with Crippen LogP contribution in [0.1, 0.15) is 219 Å². The Morgan fingerprint density at radius 1 is 0.586 bits per heavy atom. The van der Waals surface area contributed by atoms with Crippen molar-refractivity contribution in [3.05, 3.63) is 36.5 Å². The largest absolute Gasteiger partial charge is 0.756 e. The van der Waals surface area contributed by atoms with Crippen molar-refractivity contribution >= 4 is 13.7 Å². The van der Waals surface area contributed by atoms with Crippen LogP contribution in [-0.2, 0) is 18.4 Å². The second-order valence-corrected chi connectivity index (χ2v) is 19.2. The molecule has 0 aromatic heterocycles. The summed E-state index contributed by atoms with van der Waals surface area (Å²) in [6.45, 7) is 4.63. The van der Waals surface area contributed by atoms with E-state index in [0.717, 1.165) is 38.5 Å². The van der Waals surface area contributed by atoms with Gasteiger partial charge >= 0.3 is 0 Å². The lowest BCUT2D eigenvalue weighted by Gasteiger charge is -2.29. The van der Waals surface area contributed by atoms with Crippen LogP contribution in [-0.4, -0.2) is 68.5 Å². The smallest absolute Gasteiger partial charge is 0.268 e. The molecule has 1 amide bonds. The number of phosphoric acid groups is 1. The molecular formula is C49H95N2O6P. The first kappa shape index (κ1) is 56.7. The van der Waals surface area contributed by atoms with E-state index in [9.17, 15) is 19.4 Å². The molecule has 0 aliphatic carbocycles. The molecule has 3 atom stereocenters. The van der Waals surface area contributed by atoms with Gasteiger partial charge in [-0.15, -0.1) is 0 Å². The number of hydrogen-bond acceptors (Lipinski definition) is 6. The third-order valence-electron chi connectivity index (χ3n) is 10.8. The van der Waals surface area contributed by atoms with Crippen molar-refractivity contribution in [2.75, 3.05) is 40.9 Å². The number of carbonyl (C=O) groups excluding carboxylic acids is 1. The number of hydrogen-bond donors (Lipinski definition) is 2. The van der Waals surface area contributed by atoms with Crippen LogP contribution in [0, 0.1) is 0 Å². The summed E-state index contributed by atoms with van der Waals surface area (Å²) in [4.78, 5) is 25.4. The van der Waals surface area contributed by atoms with E-state index in [1.807, 2.05) is 27.2 Å². The van der Waals surface area contributed by atoms with Crippen molar-refractivity contribution in [2.45, 2.75) is 231 Å². The molecule has 0 aliphatic rings. The number of nitrogens with one attached hydrogen (secondary N) is 1. The molecule has 342 valence electrons. The van der Waals surface area contributed by atoms with E-state index in [-0.39, 0.29) is 12.5 Å². The zero-order chi connectivity index (χ0) is 42.8. The van der Waals surface area contributed by atoms with Crippen molar-refractivity contribution in [3.8, 4) is 0 Å². The molecule has 0 rings (SSSR count). The second kappa shape index (κ2) is 41.1. The summed E-state index contributed by atoms with van der Waals surface area (Å²) in [5, 5.41) is 13.8. The standard InChI is InChI=1S/C49H95N2O6P/c1-6-8-10-12-14-16-18-20-22-24-25-27-29-31-33-35-37-39-41-43-49(53)50-47(46-57-58(54,55)56-45-44-51(3,4)5)48(52)42-40-38-36-34-32-30-28-26-23-21-19-17-15-13-11-9-7-2/h20,22,32,34,40,42,47-48,52H,6-19,21,23-31,33,35-39,41,43-46H2,1-5H3,(H-,50,53,54,55)/b22-20+,34-32+,42-40+/t47-,48+/m0/s1. The van der Waals surface area contributed by atoms with Crippen LogP contribution in [0.4, 0.5) is 0 Å². The van der Waals surface area contributed by atoms with E-state index in [1.54, 1.807) is 6.08 Å². The average Bonchev–Trinajstić information content (AvgIpc) is 3.17. The number of quaternary nitrogens is 1. The molecule has 0 aliphatic heterocycles. The molecule has 0 saturated carbocycles. The number of nitrogens with zero attached hydrogens (tertiary/aromatic N) is 1. The highest BCUT2D eigenvalue weighted by molar-refractivity contribution is 7.45. The highest BCUT2D eigenvalue weighted by Crippen LogP contribution is 2.38. The molecule has 1 unspecified atom stereocenters. The van der Waals surface area contributed by atoms with E-state index < -0.39 is 26.6 Å². The van der Waals surface area contributed by atoms with Gasteiger partial charge in [-0.25, -0.2) is 0 Å². The van der Waals surface area contributed by atoms with Crippen molar-refractivity contribution in [3.63, 3.8) is 0 Å². The molecule has 2 N–H and O–H groups in total. The summed E-state index contributed by atoms with van der Waals surface area (Å²) in [6.07, 6.45) is 50.5. The second-order valence-electron chi connectivity index (χ2n) is 17.8. The number of allylic oxidation sites excluding steroid dienone is 5. The van der Waals surface area contributed by atoms with Gasteiger partial charge in [0.15, 0.2) is 0 Å². The van der Waals surface area contributed by atoms with Gasteiger partial charge < -0.3 is 28.8 Å². The average molecular weight is 839 g/mol. The molecule has 9 heteroatoms. The van der Waals surface area contributed by atoms with Gasteiger partial charge in [0.25, 0.3) is 7.82 Å². The molecule has 0 bridgehead atoms. The zero-order valence-corrected chi connectivity index (χ0v) is 39.6. The Labute approximate surface area is 359 Å². The summed E-state index contributed by atoms with van der Waals surface area (Å²) in [5.41, 5.74) is 0. The monoisotopic (exact) mass is 839 g/mol. The summed E-state index contributed by atoms with van der Waals surface area (Å²) >= 11 is 0. The van der Waals surface area contributed by atoms with E-state index in [0.29, 0.717) is 17.4 Å². The minimum absolute atomic E-state index is 0.00642. The molecule has 0 heterocycles. The van der Waals surface area contributed by atoms with E-state index >= 15 is 0 Å². The third-order valence-corrected chi connectivity index (χ3v) is 11.8. The maximum atomic E-state index is 12.9. The molecule has 0 saturated heterocycles. The highest BCUT2D eigenvalue weighted by atomic mass is 31.2. The Morgan fingerprint density at radius 2 is 0.966 bits per heavy atom. The number of rotatable bonds is 44. The quantitative estimate of drug-likeness (QED) is 0.0274. The normalized spacial score (nSPS) is 14.5. The van der Waals surface area contributed by atoms with Gasteiger partial charge in [-0.1, -0.05) is 192 Å². The summed E-state index contributed by atoms with van der Waals surface area (Å²) in [7, 11) is 1.24. The summed E-state index contributed by atoms with van der Waals surface area (Å²) in [6, 6.07) is -0.902. The summed E-state index contributed by atoms with van der Waals surface area (Å²) in [5.74, 6) is -0.209. The SMILES string of the molecule is CCCCCCCC/C=C/CCCCCCCCCCCC(=O)N[C@@H](COP(=O)([O-])OCC[N+](C)(C)C)[C@H](O)/C=C/CC/C=C/CCCCCCCCCCCCC. The van der Waals surface area contributed by atoms with E-state index in [1.165, 1.54) is 161 Å². The van der Waals surface area contributed by atoms with Crippen molar-refractivity contribution < 1.29 is 32.9 Å². The van der Waals surface area contributed by atoms with E-state index in [2.05, 4.69) is 43.5 Å². The fourth-order valence-corrected chi connectivity index (χ4v) is 7.65. The molecule has 0 fully saturated rings. The van der Waals surface area contributed by atoms with Gasteiger partial charge in [0.1, 0.15) is 13.2 Å². The molecule has 0 radical (unpaired) electrons. The Kier molecular flexibility index (Phi) is 40.2. The number of unbranched alkanes of at least 4 members (excludes halogenated alkanes) is 27. The van der Waals surface area contributed by atoms with Gasteiger partial charge in [-0.05, 0) is 57.8 Å². The maximum absolute atomic E-state index is 12.9. The first-order valence-corrected chi connectivity index (χ1v) is 25.8. The van der Waals surface area contributed by atoms with Crippen LogP contribution in [0.2, 0.25) is 0 Å². The fourth-order valence-electron chi connectivity index (χ4n) is 6.93. The Hall–Kier alpha value is -1.28. The number of phosphoric ester groups is 1. The third kappa shape index (κ3) is 42.8. The van der Waals surface area contributed by atoms with Crippen LogP contribution in [0.3, 0.4) is 0 Å². The van der Waals surface area contributed by atoms with E-state index in [4.69, 9.17) is 9.05 Å². The van der Waals surface area contributed by atoms with Crippen LogP contribution >= 0.6 is 7.82 Å². The topological polar surface area (TPSA) is 108 Å². The van der Waals surface area contributed by atoms with Gasteiger partial charge in [-0.2, -0.15) is 0 Å². The van der Waals surface area contributed by atoms with Gasteiger partial charge in [0.2, 0.25) is 5.91 Å². The molecule has 0 aromatic rings. The lowest BCUT2D eigenvalue weighted by Crippen LogP contribution is -2.45. The van der Waals surface area contributed by atoms with Crippen molar-refractivity contribution in [1.29, 1.82) is 0 Å². The van der Waals surface area contributed by atoms with Crippen LogP contribution < -0.4 is 10.2 Å². The predicted molar refractivity (Wildman–Crippen MR) is 247 cm³/mol. The van der Waals surface area contributed by atoms with Crippen LogP contribution in [0.15, 0.2) is 36.5 Å². The van der Waals surface area contributed by atoms with Crippen molar-refractivity contribution in [2.24, 2.45) is 0 Å². The number of amides is 1. The first-order chi connectivity index (χ1) is 28.0. The summed E-state index contributed by atoms with van der Waals surface area (Å²) < 4.78 is 23.2. The minimum atomic E-state index is -4.60. The maximum Gasteiger partial charge on any atom is 0.268 e. The Balaban J connectivity index is 4.39. The van der Waals surface area contributed by atoms with Crippen LogP contribution in [0.5, 0.6) is 0 Å².